The van der Waals surface area contributed by atoms with Gasteiger partial charge in [0.25, 0.3) is 0 Å². The predicted octanol–water partition coefficient (Wildman–Crippen LogP) is 2.39. The smallest absolute Gasteiger partial charge is 0.125 e. The fraction of sp³-hybridized carbons (Fsp3) is 0.200. The second-order valence-electron chi connectivity index (χ2n) is 4.18. The van der Waals surface area contributed by atoms with Gasteiger partial charge in [0.1, 0.15) is 24.2 Å². The van der Waals surface area contributed by atoms with Gasteiger partial charge in [-0.3, -0.25) is 0 Å². The average Bonchev–Trinajstić information content (AvgIpc) is 2.45. The van der Waals surface area contributed by atoms with E-state index in [0.717, 1.165) is 5.56 Å². The fourth-order valence-electron chi connectivity index (χ4n) is 1.74. The van der Waals surface area contributed by atoms with Crippen molar-refractivity contribution < 1.29 is 14.6 Å². The number of anilines is 1. The molecule has 100 valence electrons. The van der Waals surface area contributed by atoms with E-state index in [1.54, 1.807) is 25.3 Å². The zero-order chi connectivity index (χ0) is 13.7. The second kappa shape index (κ2) is 6.11. The first-order chi connectivity index (χ1) is 9.19. The summed E-state index contributed by atoms with van der Waals surface area (Å²) in [6.07, 6.45) is -0.673. The second-order valence-corrected chi connectivity index (χ2v) is 4.18. The van der Waals surface area contributed by atoms with Gasteiger partial charge in [0.05, 0.1) is 7.11 Å². The molecule has 0 saturated heterocycles. The van der Waals surface area contributed by atoms with Crippen molar-refractivity contribution in [3.63, 3.8) is 0 Å². The molecule has 0 spiro atoms. The van der Waals surface area contributed by atoms with Crippen LogP contribution >= 0.6 is 0 Å². The molecule has 2 aromatic carbocycles. The number of aliphatic hydroxyl groups is 1. The Morgan fingerprint density at radius 3 is 2.47 bits per heavy atom. The summed E-state index contributed by atoms with van der Waals surface area (Å²) in [7, 11) is 1.57. The number of hydrogen-bond acceptors (Lipinski definition) is 4. The molecule has 0 saturated carbocycles. The van der Waals surface area contributed by atoms with Gasteiger partial charge in [-0.15, -0.1) is 0 Å². The Bertz CT molecular complexity index is 528. The molecule has 0 fully saturated rings. The molecule has 0 aliphatic carbocycles. The van der Waals surface area contributed by atoms with Gasteiger partial charge in [-0.2, -0.15) is 0 Å². The molecule has 19 heavy (non-hydrogen) atoms. The summed E-state index contributed by atoms with van der Waals surface area (Å²) in [5.74, 6) is 1.20. The highest BCUT2D eigenvalue weighted by atomic mass is 16.5. The van der Waals surface area contributed by atoms with Crippen molar-refractivity contribution in [1.29, 1.82) is 0 Å². The number of ether oxygens (including phenoxy) is 2. The minimum atomic E-state index is -0.673. The van der Waals surface area contributed by atoms with Gasteiger partial charge in [-0.05, 0) is 5.56 Å². The van der Waals surface area contributed by atoms with Crippen LogP contribution in [0.1, 0.15) is 11.7 Å². The van der Waals surface area contributed by atoms with Crippen LogP contribution in [0.2, 0.25) is 0 Å². The SMILES string of the molecule is COc1cc(N)cc(OCC(O)c2ccccc2)c1. The van der Waals surface area contributed by atoms with Gasteiger partial charge >= 0.3 is 0 Å². The van der Waals surface area contributed by atoms with Crippen LogP contribution in [0.5, 0.6) is 11.5 Å². The van der Waals surface area contributed by atoms with E-state index >= 15 is 0 Å². The Hall–Kier alpha value is -2.20. The lowest BCUT2D eigenvalue weighted by atomic mass is 10.1. The molecular formula is C15H17NO3. The summed E-state index contributed by atoms with van der Waals surface area (Å²) in [4.78, 5) is 0. The molecule has 4 heteroatoms. The van der Waals surface area contributed by atoms with Crippen molar-refractivity contribution in [2.24, 2.45) is 0 Å². The normalized spacial score (nSPS) is 11.9. The van der Waals surface area contributed by atoms with E-state index in [4.69, 9.17) is 15.2 Å². The quantitative estimate of drug-likeness (QED) is 0.809. The molecule has 0 aromatic heterocycles. The van der Waals surface area contributed by atoms with Gasteiger partial charge in [-0.1, -0.05) is 30.3 Å². The highest BCUT2D eigenvalue weighted by Crippen LogP contribution is 2.25. The minimum absolute atomic E-state index is 0.163. The number of nitrogens with two attached hydrogens (primary N) is 1. The Morgan fingerprint density at radius 2 is 1.79 bits per heavy atom. The topological polar surface area (TPSA) is 64.7 Å². The highest BCUT2D eigenvalue weighted by Gasteiger charge is 2.08. The third kappa shape index (κ3) is 3.63. The molecule has 0 aliphatic heterocycles. The summed E-state index contributed by atoms with van der Waals surface area (Å²) in [5, 5.41) is 9.99. The van der Waals surface area contributed by atoms with E-state index in [9.17, 15) is 5.11 Å². The number of benzene rings is 2. The van der Waals surface area contributed by atoms with E-state index in [-0.39, 0.29) is 6.61 Å². The molecule has 0 heterocycles. The standard InChI is InChI=1S/C15H17NO3/c1-18-13-7-12(16)8-14(9-13)19-10-15(17)11-5-3-2-4-6-11/h2-9,15,17H,10,16H2,1H3. The van der Waals surface area contributed by atoms with Gasteiger partial charge in [-0.25, -0.2) is 0 Å². The lowest BCUT2D eigenvalue weighted by Gasteiger charge is -2.13. The monoisotopic (exact) mass is 259 g/mol. The molecule has 0 amide bonds. The number of nitrogen functional groups attached to an aromatic ring is 1. The summed E-state index contributed by atoms with van der Waals surface area (Å²) in [6, 6.07) is 14.5. The van der Waals surface area contributed by atoms with Gasteiger partial charge in [0.15, 0.2) is 0 Å². The van der Waals surface area contributed by atoms with E-state index in [1.807, 2.05) is 30.3 Å². The van der Waals surface area contributed by atoms with Crippen LogP contribution in [0, 0.1) is 0 Å². The highest BCUT2D eigenvalue weighted by molar-refractivity contribution is 5.50. The van der Waals surface area contributed by atoms with Gasteiger partial charge in [0.2, 0.25) is 0 Å². The molecule has 0 bridgehead atoms. The first-order valence-corrected chi connectivity index (χ1v) is 5.99. The molecule has 1 unspecified atom stereocenters. The maximum absolute atomic E-state index is 9.99. The van der Waals surface area contributed by atoms with Crippen LogP contribution < -0.4 is 15.2 Å². The molecule has 4 nitrogen and oxygen atoms in total. The van der Waals surface area contributed by atoms with Crippen molar-refractivity contribution in [2.75, 3.05) is 19.5 Å². The Labute approximate surface area is 112 Å². The van der Waals surface area contributed by atoms with Crippen molar-refractivity contribution in [1.82, 2.24) is 0 Å². The zero-order valence-corrected chi connectivity index (χ0v) is 10.7. The molecule has 1 atom stereocenters. The maximum atomic E-state index is 9.99. The molecule has 0 aliphatic rings. The third-order valence-corrected chi connectivity index (χ3v) is 2.73. The average molecular weight is 259 g/mol. The summed E-state index contributed by atoms with van der Waals surface area (Å²) < 4.78 is 10.6. The van der Waals surface area contributed by atoms with Crippen molar-refractivity contribution >= 4 is 5.69 Å². The van der Waals surface area contributed by atoms with Crippen molar-refractivity contribution in [3.8, 4) is 11.5 Å². The molecule has 3 N–H and O–H groups in total. The molecule has 0 radical (unpaired) electrons. The van der Waals surface area contributed by atoms with Crippen LogP contribution in [0.3, 0.4) is 0 Å². The van der Waals surface area contributed by atoms with E-state index in [1.165, 1.54) is 0 Å². The van der Waals surface area contributed by atoms with E-state index < -0.39 is 6.10 Å². The minimum Gasteiger partial charge on any atom is -0.497 e. The number of rotatable bonds is 5. The van der Waals surface area contributed by atoms with Crippen molar-refractivity contribution in [2.45, 2.75) is 6.10 Å². The summed E-state index contributed by atoms with van der Waals surface area (Å²) >= 11 is 0. The van der Waals surface area contributed by atoms with Crippen LogP contribution in [0.4, 0.5) is 5.69 Å². The molecular weight excluding hydrogens is 242 g/mol. The lowest BCUT2D eigenvalue weighted by molar-refractivity contribution is 0.108. The maximum Gasteiger partial charge on any atom is 0.125 e. The first kappa shape index (κ1) is 13.2. The Balaban J connectivity index is 2.01. The van der Waals surface area contributed by atoms with Crippen LogP contribution in [-0.4, -0.2) is 18.8 Å². The largest absolute Gasteiger partial charge is 0.497 e. The predicted molar refractivity (Wildman–Crippen MR) is 74.3 cm³/mol. The third-order valence-electron chi connectivity index (χ3n) is 2.73. The molecule has 2 aromatic rings. The van der Waals surface area contributed by atoms with Crippen LogP contribution in [0.15, 0.2) is 48.5 Å². The number of aliphatic hydroxyl groups excluding tert-OH is 1. The van der Waals surface area contributed by atoms with Gasteiger partial charge in [0, 0.05) is 23.9 Å². The Morgan fingerprint density at radius 1 is 1.11 bits per heavy atom. The van der Waals surface area contributed by atoms with Crippen LogP contribution in [-0.2, 0) is 0 Å². The number of hydrogen-bond donors (Lipinski definition) is 2. The van der Waals surface area contributed by atoms with E-state index in [0.29, 0.717) is 17.2 Å². The Kier molecular flexibility index (Phi) is 4.26. The fourth-order valence-corrected chi connectivity index (χ4v) is 1.74. The van der Waals surface area contributed by atoms with Gasteiger partial charge < -0.3 is 20.3 Å². The summed E-state index contributed by atoms with van der Waals surface area (Å²) in [6.45, 7) is 0.163. The van der Waals surface area contributed by atoms with Crippen molar-refractivity contribution in [3.05, 3.63) is 54.1 Å². The van der Waals surface area contributed by atoms with E-state index in [2.05, 4.69) is 0 Å². The van der Waals surface area contributed by atoms with Crippen LogP contribution in [0.25, 0.3) is 0 Å². The first-order valence-electron chi connectivity index (χ1n) is 5.99. The summed E-state index contributed by atoms with van der Waals surface area (Å²) in [5.41, 5.74) is 7.11. The number of methoxy groups -OCH3 is 1. The molecule has 2 rings (SSSR count). The lowest BCUT2D eigenvalue weighted by Crippen LogP contribution is -2.09. The zero-order valence-electron chi connectivity index (χ0n) is 10.7.